The number of carbonyl (C=O) groups excluding carboxylic acids is 1. The molecule has 0 unspecified atom stereocenters. The number of hydrogen-bond acceptors (Lipinski definition) is 4. The Kier molecular flexibility index (Phi) is 4.98. The van der Waals surface area contributed by atoms with Crippen LogP contribution in [0.3, 0.4) is 0 Å². The van der Waals surface area contributed by atoms with E-state index >= 15 is 0 Å². The van der Waals surface area contributed by atoms with Crippen molar-refractivity contribution in [3.8, 4) is 0 Å². The minimum absolute atomic E-state index is 0.0364. The van der Waals surface area contributed by atoms with Gasteiger partial charge in [-0.3, -0.25) is 4.79 Å². The molecule has 2 aliphatic rings. The van der Waals surface area contributed by atoms with E-state index in [1.54, 1.807) is 0 Å². The maximum Gasteiger partial charge on any atom is 0.286 e. The van der Waals surface area contributed by atoms with Gasteiger partial charge in [0.1, 0.15) is 0 Å². The molecule has 1 aliphatic carbocycles. The number of ether oxygens (including phenoxy) is 2. The number of amides is 1. The molecule has 5 nitrogen and oxygen atoms in total. The Morgan fingerprint density at radius 2 is 2.00 bits per heavy atom. The highest BCUT2D eigenvalue weighted by Gasteiger charge is 2.29. The first-order valence-electron chi connectivity index (χ1n) is 8.13. The molecule has 1 fully saturated rings. The van der Waals surface area contributed by atoms with E-state index < -0.39 is 6.29 Å². The van der Waals surface area contributed by atoms with E-state index in [4.69, 9.17) is 14.6 Å². The van der Waals surface area contributed by atoms with Crippen LogP contribution in [0.1, 0.15) is 37.3 Å². The van der Waals surface area contributed by atoms with E-state index in [-0.39, 0.29) is 18.4 Å². The molecule has 0 radical (unpaired) electrons. The highest BCUT2D eigenvalue weighted by atomic mass is 16.7. The van der Waals surface area contributed by atoms with Gasteiger partial charge < -0.3 is 19.9 Å². The summed E-state index contributed by atoms with van der Waals surface area (Å²) in [5, 5.41) is 12.0. The number of hydrogen-bond donors (Lipinski definition) is 2. The highest BCUT2D eigenvalue weighted by molar-refractivity contribution is 5.92. The number of nitrogens with one attached hydrogen (secondary N) is 1. The average molecular weight is 317 g/mol. The average Bonchev–Trinajstić information content (AvgIpc) is 3.37. The van der Waals surface area contributed by atoms with Crippen LogP contribution in [-0.4, -0.2) is 23.3 Å². The van der Waals surface area contributed by atoms with Gasteiger partial charge in [0.2, 0.25) is 6.29 Å². The van der Waals surface area contributed by atoms with Gasteiger partial charge in [-0.15, -0.1) is 0 Å². The predicted octanol–water partition coefficient (Wildman–Crippen LogP) is 2.24. The Bertz CT molecular complexity index is 577. The topological polar surface area (TPSA) is 67.8 Å². The van der Waals surface area contributed by atoms with E-state index in [1.165, 1.54) is 0 Å². The van der Waals surface area contributed by atoms with Crippen LogP contribution in [0.15, 0.2) is 36.1 Å². The Hall–Kier alpha value is -1.85. The zero-order chi connectivity index (χ0) is 16.2. The lowest BCUT2D eigenvalue weighted by Gasteiger charge is -2.27. The molecular weight excluding hydrogens is 294 g/mol. The molecule has 0 spiro atoms. The first kappa shape index (κ1) is 16.0. The summed E-state index contributed by atoms with van der Waals surface area (Å²) >= 11 is 0. The molecule has 1 saturated carbocycles. The molecule has 1 heterocycles. The van der Waals surface area contributed by atoms with Crippen LogP contribution in [0.2, 0.25) is 0 Å². The third-order valence-electron chi connectivity index (χ3n) is 4.04. The van der Waals surface area contributed by atoms with Crippen molar-refractivity contribution < 1.29 is 19.4 Å². The van der Waals surface area contributed by atoms with E-state index in [0.717, 1.165) is 30.4 Å². The van der Waals surface area contributed by atoms with E-state index in [9.17, 15) is 4.79 Å². The largest absolute Gasteiger partial charge is 0.459 e. The van der Waals surface area contributed by atoms with Gasteiger partial charge in [-0.25, -0.2) is 0 Å². The zero-order valence-electron chi connectivity index (χ0n) is 13.3. The van der Waals surface area contributed by atoms with Gasteiger partial charge in [-0.2, -0.15) is 0 Å². The summed E-state index contributed by atoms with van der Waals surface area (Å²) in [5.41, 5.74) is 1.88. The number of allylic oxidation sites excluding steroid dienone is 1. The number of benzene rings is 1. The predicted molar refractivity (Wildman–Crippen MR) is 85.1 cm³/mol. The Labute approximate surface area is 136 Å². The van der Waals surface area contributed by atoms with Gasteiger partial charge in [0.25, 0.3) is 5.91 Å². The van der Waals surface area contributed by atoms with Crippen molar-refractivity contribution in [1.29, 1.82) is 0 Å². The molecule has 3 rings (SSSR count). The van der Waals surface area contributed by atoms with Crippen molar-refractivity contribution in [3.05, 3.63) is 47.2 Å². The molecule has 1 aromatic carbocycles. The van der Waals surface area contributed by atoms with Gasteiger partial charge in [-0.05, 0) is 36.0 Å². The molecule has 5 heteroatoms. The second-order valence-electron chi connectivity index (χ2n) is 6.32. The van der Waals surface area contributed by atoms with Gasteiger partial charge in [0.05, 0.1) is 13.2 Å². The normalized spacial score (nSPS) is 23.8. The van der Waals surface area contributed by atoms with Gasteiger partial charge in [-0.1, -0.05) is 31.2 Å². The second kappa shape index (κ2) is 7.15. The quantitative estimate of drug-likeness (QED) is 0.844. The number of aliphatic hydroxyl groups excluding tert-OH is 1. The van der Waals surface area contributed by atoms with Crippen molar-refractivity contribution in [2.24, 2.45) is 5.92 Å². The summed E-state index contributed by atoms with van der Waals surface area (Å²) in [6.45, 7) is 2.51. The zero-order valence-corrected chi connectivity index (χ0v) is 13.3. The van der Waals surface area contributed by atoms with Crippen LogP contribution in [0.25, 0.3) is 0 Å². The standard InChI is InChI=1S/C18H23NO4/c1-12-8-16(18(21)19-15-6-7-15)23-17(9-12)22-11-14-4-2-13(10-20)3-5-14/h2-5,8,12,15,17,20H,6-7,9-11H2,1H3,(H,19,21)/t12-,17+/m1/s1. The minimum Gasteiger partial charge on any atom is -0.459 e. The molecule has 1 aliphatic heterocycles. The molecule has 0 bridgehead atoms. The van der Waals surface area contributed by atoms with Gasteiger partial charge in [0, 0.05) is 12.5 Å². The summed E-state index contributed by atoms with van der Waals surface area (Å²) in [6.07, 6.45) is 4.30. The molecular formula is C18H23NO4. The summed E-state index contributed by atoms with van der Waals surface area (Å²) in [5.74, 6) is 0.474. The van der Waals surface area contributed by atoms with Crippen LogP contribution in [0.5, 0.6) is 0 Å². The fourth-order valence-electron chi connectivity index (χ4n) is 2.50. The van der Waals surface area contributed by atoms with Crippen molar-refractivity contribution in [2.75, 3.05) is 0 Å². The van der Waals surface area contributed by atoms with E-state index in [0.29, 0.717) is 18.4 Å². The second-order valence-corrected chi connectivity index (χ2v) is 6.32. The summed E-state index contributed by atoms with van der Waals surface area (Å²) in [7, 11) is 0. The minimum atomic E-state index is -0.410. The fraction of sp³-hybridized carbons (Fsp3) is 0.500. The van der Waals surface area contributed by atoms with Crippen molar-refractivity contribution >= 4 is 5.91 Å². The molecule has 124 valence electrons. The maximum atomic E-state index is 12.1. The van der Waals surface area contributed by atoms with E-state index in [2.05, 4.69) is 12.2 Å². The SMILES string of the molecule is C[C@@H]1C=C(C(=O)NC2CC2)O[C@H](OCc2ccc(CO)cc2)C1. The highest BCUT2D eigenvalue weighted by Crippen LogP contribution is 2.25. The molecule has 0 saturated heterocycles. The first-order valence-corrected chi connectivity index (χ1v) is 8.13. The molecule has 1 amide bonds. The molecule has 23 heavy (non-hydrogen) atoms. The molecule has 1 aromatic rings. The van der Waals surface area contributed by atoms with Crippen LogP contribution in [0, 0.1) is 5.92 Å². The lowest BCUT2D eigenvalue weighted by Crippen LogP contribution is -2.33. The lowest BCUT2D eigenvalue weighted by atomic mass is 10.0. The Morgan fingerprint density at radius 1 is 1.30 bits per heavy atom. The number of rotatable bonds is 6. The molecule has 0 aromatic heterocycles. The summed E-state index contributed by atoms with van der Waals surface area (Å²) in [4.78, 5) is 12.1. The smallest absolute Gasteiger partial charge is 0.286 e. The van der Waals surface area contributed by atoms with Gasteiger partial charge >= 0.3 is 0 Å². The Balaban J connectivity index is 1.53. The van der Waals surface area contributed by atoms with Crippen molar-refractivity contribution in [2.45, 2.75) is 51.7 Å². The van der Waals surface area contributed by atoms with Crippen LogP contribution >= 0.6 is 0 Å². The third kappa shape index (κ3) is 4.56. The number of carbonyl (C=O) groups is 1. The van der Waals surface area contributed by atoms with Crippen LogP contribution in [0.4, 0.5) is 0 Å². The van der Waals surface area contributed by atoms with Crippen molar-refractivity contribution in [3.63, 3.8) is 0 Å². The summed E-state index contributed by atoms with van der Waals surface area (Å²) < 4.78 is 11.5. The summed E-state index contributed by atoms with van der Waals surface area (Å²) in [6, 6.07) is 7.91. The third-order valence-corrected chi connectivity index (χ3v) is 4.04. The van der Waals surface area contributed by atoms with Crippen molar-refractivity contribution in [1.82, 2.24) is 5.32 Å². The molecule has 2 N–H and O–H groups in total. The monoisotopic (exact) mass is 317 g/mol. The first-order chi connectivity index (χ1) is 11.1. The number of aliphatic hydroxyl groups is 1. The van der Waals surface area contributed by atoms with Crippen LogP contribution < -0.4 is 5.32 Å². The fourth-order valence-corrected chi connectivity index (χ4v) is 2.50. The van der Waals surface area contributed by atoms with E-state index in [1.807, 2.05) is 30.3 Å². The van der Waals surface area contributed by atoms with Gasteiger partial charge in [0.15, 0.2) is 5.76 Å². The lowest BCUT2D eigenvalue weighted by molar-refractivity contribution is -0.152. The Morgan fingerprint density at radius 3 is 2.65 bits per heavy atom. The molecule has 2 atom stereocenters. The van der Waals surface area contributed by atoms with Crippen LogP contribution in [-0.2, 0) is 27.5 Å². The maximum absolute atomic E-state index is 12.1.